The van der Waals surface area contributed by atoms with Crippen molar-refractivity contribution in [1.82, 2.24) is 0 Å². The number of halogens is 1. The fourth-order valence-electron chi connectivity index (χ4n) is 1.91. The van der Waals surface area contributed by atoms with Gasteiger partial charge in [-0.3, -0.25) is 0 Å². The van der Waals surface area contributed by atoms with E-state index in [1.165, 1.54) is 0 Å². The van der Waals surface area contributed by atoms with Crippen molar-refractivity contribution in [2.45, 2.75) is 26.9 Å². The molecule has 2 aromatic carbocycles. The third-order valence-corrected chi connectivity index (χ3v) is 3.02. The molecule has 0 aliphatic rings. The second kappa shape index (κ2) is 6.06. The fourth-order valence-corrected chi connectivity index (χ4v) is 2.19. The lowest BCUT2D eigenvalue weighted by atomic mass is 10.2. The number of rotatable bonds is 4. The van der Waals surface area contributed by atoms with Crippen molar-refractivity contribution in [1.29, 1.82) is 0 Å². The number of nitrogens with one attached hydrogen (secondary N) is 1. The summed E-state index contributed by atoms with van der Waals surface area (Å²) in [6.45, 7) is 5.96. The molecular weight excluding hydrogens is 272 g/mol. The summed E-state index contributed by atoms with van der Waals surface area (Å²) in [5.74, 6) is 0.741. The molecule has 2 aromatic rings. The Bertz CT molecular complexity index is 611. The molecule has 0 aliphatic carbocycles. The topological polar surface area (TPSA) is 47.3 Å². The van der Waals surface area contributed by atoms with Crippen LogP contribution in [0.25, 0.3) is 0 Å². The average molecular weight is 291 g/mol. The molecule has 0 saturated heterocycles. The van der Waals surface area contributed by atoms with Gasteiger partial charge in [0, 0.05) is 23.5 Å². The quantitative estimate of drug-likeness (QED) is 0.798. The lowest BCUT2D eigenvalue weighted by Crippen LogP contribution is -2.06. The summed E-state index contributed by atoms with van der Waals surface area (Å²) in [4.78, 5) is 0. The lowest BCUT2D eigenvalue weighted by Gasteiger charge is -2.14. The Labute approximate surface area is 124 Å². The van der Waals surface area contributed by atoms with E-state index >= 15 is 0 Å². The average Bonchev–Trinajstić information content (AvgIpc) is 2.31. The fraction of sp³-hybridized carbons (Fsp3) is 0.250. The van der Waals surface area contributed by atoms with Crippen molar-refractivity contribution in [2.75, 3.05) is 11.1 Å². The van der Waals surface area contributed by atoms with Crippen molar-refractivity contribution >= 4 is 28.7 Å². The highest BCUT2D eigenvalue weighted by atomic mass is 35.5. The molecule has 0 radical (unpaired) electrons. The Hall–Kier alpha value is -1.87. The normalized spacial score (nSPS) is 10.7. The molecule has 2 rings (SSSR count). The molecule has 0 aliphatic heterocycles. The highest BCUT2D eigenvalue weighted by molar-refractivity contribution is 6.33. The Morgan fingerprint density at radius 1 is 1.15 bits per heavy atom. The molecule has 0 atom stereocenters. The third-order valence-electron chi connectivity index (χ3n) is 2.70. The molecule has 3 nitrogen and oxygen atoms in total. The van der Waals surface area contributed by atoms with Gasteiger partial charge in [0.05, 0.1) is 16.8 Å². The molecule has 0 aromatic heterocycles. The highest BCUT2D eigenvalue weighted by Crippen LogP contribution is 2.30. The summed E-state index contributed by atoms with van der Waals surface area (Å²) in [7, 11) is 0. The number of ether oxygens (including phenoxy) is 1. The summed E-state index contributed by atoms with van der Waals surface area (Å²) < 4.78 is 5.67. The number of benzene rings is 2. The molecule has 3 N–H and O–H groups in total. The van der Waals surface area contributed by atoms with E-state index < -0.39 is 0 Å². The van der Waals surface area contributed by atoms with E-state index in [-0.39, 0.29) is 6.10 Å². The van der Waals surface area contributed by atoms with Crippen LogP contribution in [-0.4, -0.2) is 6.10 Å². The lowest BCUT2D eigenvalue weighted by molar-refractivity contribution is 0.242. The van der Waals surface area contributed by atoms with E-state index in [0.29, 0.717) is 10.7 Å². The first-order valence-electron chi connectivity index (χ1n) is 6.54. The first-order chi connectivity index (χ1) is 9.44. The Kier molecular flexibility index (Phi) is 4.40. The standard InChI is InChI=1S/C16H19ClN2O/c1-10(2)20-14-8-12(18)7-13(9-14)19-16-5-4-11(3)6-15(16)17/h4-10,19H,18H2,1-3H3. The zero-order valence-electron chi connectivity index (χ0n) is 11.9. The van der Waals surface area contributed by atoms with Gasteiger partial charge >= 0.3 is 0 Å². The van der Waals surface area contributed by atoms with Crippen molar-refractivity contribution in [3.8, 4) is 5.75 Å². The van der Waals surface area contributed by atoms with Gasteiger partial charge in [-0.05, 0) is 44.5 Å². The van der Waals surface area contributed by atoms with Gasteiger partial charge in [0.2, 0.25) is 0 Å². The van der Waals surface area contributed by atoms with Gasteiger partial charge in [-0.25, -0.2) is 0 Å². The second-order valence-electron chi connectivity index (χ2n) is 5.07. The van der Waals surface area contributed by atoms with Crippen LogP contribution in [0.15, 0.2) is 36.4 Å². The van der Waals surface area contributed by atoms with Crippen LogP contribution >= 0.6 is 11.6 Å². The van der Waals surface area contributed by atoms with Gasteiger partial charge in [0.1, 0.15) is 5.75 Å². The van der Waals surface area contributed by atoms with Crippen LogP contribution in [0.1, 0.15) is 19.4 Å². The van der Waals surface area contributed by atoms with Crippen LogP contribution in [0.5, 0.6) is 5.75 Å². The molecule has 0 unspecified atom stereocenters. The van der Waals surface area contributed by atoms with E-state index in [1.807, 2.05) is 57.2 Å². The summed E-state index contributed by atoms with van der Waals surface area (Å²) >= 11 is 6.22. The third kappa shape index (κ3) is 3.81. The SMILES string of the molecule is Cc1ccc(Nc2cc(N)cc(OC(C)C)c2)c(Cl)c1. The zero-order valence-corrected chi connectivity index (χ0v) is 12.7. The van der Waals surface area contributed by atoms with Crippen molar-refractivity contribution < 1.29 is 4.74 Å². The number of aryl methyl sites for hydroxylation is 1. The van der Waals surface area contributed by atoms with Crippen molar-refractivity contribution in [3.63, 3.8) is 0 Å². The molecule has 20 heavy (non-hydrogen) atoms. The number of nitrogen functional groups attached to an aromatic ring is 1. The molecule has 4 heteroatoms. The van der Waals surface area contributed by atoms with Gasteiger partial charge in [-0.15, -0.1) is 0 Å². The predicted molar refractivity (Wildman–Crippen MR) is 86.1 cm³/mol. The molecule has 0 spiro atoms. The van der Waals surface area contributed by atoms with Crippen LogP contribution in [-0.2, 0) is 0 Å². The minimum absolute atomic E-state index is 0.104. The van der Waals surface area contributed by atoms with Crippen molar-refractivity contribution in [3.05, 3.63) is 47.0 Å². The number of hydrogen-bond acceptors (Lipinski definition) is 3. The van der Waals surface area contributed by atoms with E-state index in [0.717, 1.165) is 22.7 Å². The molecule has 0 amide bonds. The maximum Gasteiger partial charge on any atom is 0.123 e. The van der Waals surface area contributed by atoms with E-state index in [1.54, 1.807) is 0 Å². The number of hydrogen-bond donors (Lipinski definition) is 2. The second-order valence-corrected chi connectivity index (χ2v) is 5.47. The Balaban J connectivity index is 2.26. The monoisotopic (exact) mass is 290 g/mol. The summed E-state index contributed by atoms with van der Waals surface area (Å²) in [5.41, 5.74) is 9.37. The van der Waals surface area contributed by atoms with Crippen molar-refractivity contribution in [2.24, 2.45) is 0 Å². The van der Waals surface area contributed by atoms with Crippen LogP contribution < -0.4 is 15.8 Å². The van der Waals surface area contributed by atoms with Gasteiger partial charge in [0.15, 0.2) is 0 Å². The molecule has 0 heterocycles. The van der Waals surface area contributed by atoms with Gasteiger partial charge in [-0.2, -0.15) is 0 Å². The minimum atomic E-state index is 0.104. The van der Waals surface area contributed by atoms with Crippen LogP contribution in [0.2, 0.25) is 5.02 Å². The Morgan fingerprint density at radius 3 is 2.55 bits per heavy atom. The predicted octanol–water partition coefficient (Wildman–Crippen LogP) is 4.76. The summed E-state index contributed by atoms with van der Waals surface area (Å²) in [6, 6.07) is 11.4. The maximum absolute atomic E-state index is 6.22. The highest BCUT2D eigenvalue weighted by Gasteiger charge is 2.05. The molecule has 0 saturated carbocycles. The number of anilines is 3. The van der Waals surface area contributed by atoms with Gasteiger partial charge in [0.25, 0.3) is 0 Å². The molecule has 0 fully saturated rings. The van der Waals surface area contributed by atoms with Crippen LogP contribution in [0, 0.1) is 6.92 Å². The molecule has 106 valence electrons. The first kappa shape index (κ1) is 14.5. The number of nitrogens with two attached hydrogens (primary N) is 1. The largest absolute Gasteiger partial charge is 0.491 e. The minimum Gasteiger partial charge on any atom is -0.491 e. The van der Waals surface area contributed by atoms with Crippen LogP contribution in [0.4, 0.5) is 17.1 Å². The van der Waals surface area contributed by atoms with E-state index in [9.17, 15) is 0 Å². The Morgan fingerprint density at radius 2 is 1.90 bits per heavy atom. The van der Waals surface area contributed by atoms with E-state index in [2.05, 4.69) is 5.32 Å². The molecular formula is C16H19ClN2O. The van der Waals surface area contributed by atoms with Crippen LogP contribution in [0.3, 0.4) is 0 Å². The zero-order chi connectivity index (χ0) is 14.7. The van der Waals surface area contributed by atoms with E-state index in [4.69, 9.17) is 22.1 Å². The smallest absolute Gasteiger partial charge is 0.123 e. The maximum atomic E-state index is 6.22. The first-order valence-corrected chi connectivity index (χ1v) is 6.92. The van der Waals surface area contributed by atoms with Gasteiger partial charge in [-0.1, -0.05) is 17.7 Å². The summed E-state index contributed by atoms with van der Waals surface area (Å²) in [5, 5.41) is 3.94. The van der Waals surface area contributed by atoms with Gasteiger partial charge < -0.3 is 15.8 Å². The summed E-state index contributed by atoms with van der Waals surface area (Å²) in [6.07, 6.45) is 0.104. The molecule has 0 bridgehead atoms.